The van der Waals surface area contributed by atoms with Gasteiger partial charge in [0.2, 0.25) is 5.91 Å². The van der Waals surface area contributed by atoms with Crippen LogP contribution in [-0.2, 0) is 10.4 Å². The lowest BCUT2D eigenvalue weighted by Crippen LogP contribution is -2.49. The third kappa shape index (κ3) is 8.21. The Labute approximate surface area is 208 Å². The molecule has 198 valence electrons. The third-order valence-corrected chi connectivity index (χ3v) is 8.10. The first-order chi connectivity index (χ1) is 16.6. The number of amides is 1. The Morgan fingerprint density at radius 3 is 2.54 bits per heavy atom. The molecular formula is C28H43F3N2O2. The molecule has 3 rings (SSSR count). The maximum absolute atomic E-state index is 13.3. The minimum atomic E-state index is -4.35. The molecule has 35 heavy (non-hydrogen) atoms. The zero-order chi connectivity index (χ0) is 25.5. The highest BCUT2D eigenvalue weighted by molar-refractivity contribution is 5.76. The molecule has 1 saturated heterocycles. The van der Waals surface area contributed by atoms with Crippen LogP contribution in [0.2, 0.25) is 0 Å². The van der Waals surface area contributed by atoms with Crippen LogP contribution in [-0.4, -0.2) is 48.8 Å². The average Bonchev–Trinajstić information content (AvgIpc) is 2.83. The number of aryl methyl sites for hydroxylation is 1. The summed E-state index contributed by atoms with van der Waals surface area (Å²) in [6.45, 7) is 3.57. The summed E-state index contributed by atoms with van der Waals surface area (Å²) < 4.78 is 39.5. The fraction of sp³-hybridized carbons (Fsp3) is 0.750. The molecule has 2 aliphatic rings. The van der Waals surface area contributed by atoms with Gasteiger partial charge in [0.1, 0.15) is 0 Å². The van der Waals surface area contributed by atoms with Gasteiger partial charge in [0, 0.05) is 31.8 Å². The van der Waals surface area contributed by atoms with E-state index in [0.29, 0.717) is 43.8 Å². The number of likely N-dealkylation sites (tertiary alicyclic amines) is 1. The van der Waals surface area contributed by atoms with Crippen molar-refractivity contribution in [3.8, 4) is 0 Å². The molecule has 1 aromatic carbocycles. The van der Waals surface area contributed by atoms with Gasteiger partial charge in [-0.05, 0) is 63.6 Å². The van der Waals surface area contributed by atoms with Crippen LogP contribution >= 0.6 is 0 Å². The smallest absolute Gasteiger partial charge is 0.385 e. The van der Waals surface area contributed by atoms with Gasteiger partial charge in [-0.3, -0.25) is 4.79 Å². The molecule has 2 fully saturated rings. The summed E-state index contributed by atoms with van der Waals surface area (Å²) in [5, 5.41) is 15.0. The number of benzene rings is 1. The molecule has 1 aromatic rings. The predicted molar refractivity (Wildman–Crippen MR) is 133 cm³/mol. The molecule has 0 spiro atoms. The first kappa shape index (κ1) is 28.0. The van der Waals surface area contributed by atoms with Crippen LogP contribution in [0.4, 0.5) is 13.2 Å². The number of aliphatic hydroxyl groups is 1. The number of hydrogen-bond donors (Lipinski definition) is 2. The summed E-state index contributed by atoms with van der Waals surface area (Å²) in [6, 6.07) is 7.16. The lowest BCUT2D eigenvalue weighted by Gasteiger charge is -2.43. The first-order valence-corrected chi connectivity index (χ1v) is 13.4. The van der Waals surface area contributed by atoms with E-state index in [1.807, 2.05) is 20.0 Å². The van der Waals surface area contributed by atoms with E-state index in [1.54, 1.807) is 23.1 Å². The Hall–Kier alpha value is -1.60. The van der Waals surface area contributed by atoms with Crippen molar-refractivity contribution in [1.82, 2.24) is 10.2 Å². The molecule has 0 aromatic heterocycles. The number of hydrogen-bond acceptors (Lipinski definition) is 3. The summed E-state index contributed by atoms with van der Waals surface area (Å²) in [4.78, 5) is 15.1. The van der Waals surface area contributed by atoms with Crippen LogP contribution in [0.1, 0.15) is 81.8 Å². The highest BCUT2D eigenvalue weighted by Crippen LogP contribution is 2.42. The highest BCUT2D eigenvalue weighted by Gasteiger charge is 2.44. The molecule has 1 amide bonds. The van der Waals surface area contributed by atoms with Crippen molar-refractivity contribution in [2.45, 2.75) is 89.3 Å². The van der Waals surface area contributed by atoms with Gasteiger partial charge in [-0.15, -0.1) is 0 Å². The Morgan fingerprint density at radius 2 is 1.89 bits per heavy atom. The van der Waals surface area contributed by atoms with Crippen molar-refractivity contribution in [3.63, 3.8) is 0 Å². The number of nitrogens with one attached hydrogen (secondary N) is 1. The SMILES string of the molecule is CNC[C@@H](CC(=O)N1CCC[C@@H]([C@@](O)(CCC(F)(F)F)c2cccc(C)c2)C1)CC1CCCCC1. The maximum atomic E-state index is 13.3. The van der Waals surface area contributed by atoms with Crippen molar-refractivity contribution >= 4 is 5.91 Å². The van der Waals surface area contributed by atoms with E-state index in [-0.39, 0.29) is 11.8 Å². The minimum absolute atomic E-state index is 0.0631. The summed E-state index contributed by atoms with van der Waals surface area (Å²) in [7, 11) is 1.91. The molecule has 1 saturated carbocycles. The molecule has 0 unspecified atom stereocenters. The van der Waals surface area contributed by atoms with Gasteiger partial charge in [-0.2, -0.15) is 13.2 Å². The van der Waals surface area contributed by atoms with E-state index in [2.05, 4.69) is 5.32 Å². The number of carbonyl (C=O) groups is 1. The molecule has 3 atom stereocenters. The molecule has 1 aliphatic heterocycles. The largest absolute Gasteiger partial charge is 0.389 e. The zero-order valence-electron chi connectivity index (χ0n) is 21.4. The standard InChI is InChI=1S/C28H43F3N2O2/c1-21-8-6-11-24(16-21)27(35,13-14-28(29,30)31)25-12-7-15-33(20-25)26(34)18-23(19-32-2)17-22-9-4-3-5-10-22/h6,8,11,16,22-23,25,32,35H,3-5,7,9-10,12-15,17-20H2,1-2H3/t23-,25-,27-/m1/s1. The summed E-state index contributed by atoms with van der Waals surface area (Å²) in [5.74, 6) is 0.577. The maximum Gasteiger partial charge on any atom is 0.389 e. The fourth-order valence-electron chi connectivity index (χ4n) is 6.22. The minimum Gasteiger partial charge on any atom is -0.385 e. The summed E-state index contributed by atoms with van der Waals surface area (Å²) in [5.41, 5.74) is -0.201. The summed E-state index contributed by atoms with van der Waals surface area (Å²) >= 11 is 0. The average molecular weight is 497 g/mol. The third-order valence-electron chi connectivity index (χ3n) is 8.10. The second-order valence-corrected chi connectivity index (χ2v) is 11.0. The Bertz CT molecular complexity index is 810. The van der Waals surface area contributed by atoms with Crippen molar-refractivity contribution in [2.24, 2.45) is 17.8 Å². The van der Waals surface area contributed by atoms with E-state index >= 15 is 0 Å². The zero-order valence-corrected chi connectivity index (χ0v) is 21.4. The Morgan fingerprint density at radius 1 is 1.14 bits per heavy atom. The van der Waals surface area contributed by atoms with E-state index in [0.717, 1.165) is 18.5 Å². The van der Waals surface area contributed by atoms with Crippen LogP contribution < -0.4 is 5.32 Å². The van der Waals surface area contributed by atoms with Gasteiger partial charge in [-0.1, -0.05) is 61.9 Å². The van der Waals surface area contributed by atoms with Gasteiger partial charge in [0.05, 0.1) is 5.60 Å². The first-order valence-electron chi connectivity index (χ1n) is 13.4. The topological polar surface area (TPSA) is 52.6 Å². The van der Waals surface area contributed by atoms with Crippen LogP contribution in [0.15, 0.2) is 24.3 Å². The molecule has 1 aliphatic carbocycles. The fourth-order valence-corrected chi connectivity index (χ4v) is 6.22. The molecule has 7 heteroatoms. The van der Waals surface area contributed by atoms with Crippen LogP contribution in [0.5, 0.6) is 0 Å². The highest BCUT2D eigenvalue weighted by atomic mass is 19.4. The molecule has 4 nitrogen and oxygen atoms in total. The quantitative estimate of drug-likeness (QED) is 0.420. The van der Waals surface area contributed by atoms with E-state index in [9.17, 15) is 23.1 Å². The van der Waals surface area contributed by atoms with E-state index in [4.69, 9.17) is 0 Å². The second kappa shape index (κ2) is 12.6. The molecule has 0 radical (unpaired) electrons. The van der Waals surface area contributed by atoms with Crippen molar-refractivity contribution < 1.29 is 23.1 Å². The number of alkyl halides is 3. The van der Waals surface area contributed by atoms with Crippen LogP contribution in [0, 0.1) is 24.7 Å². The van der Waals surface area contributed by atoms with E-state index < -0.39 is 30.5 Å². The number of carbonyl (C=O) groups excluding carboxylic acids is 1. The van der Waals surface area contributed by atoms with Crippen molar-refractivity contribution in [1.29, 1.82) is 0 Å². The lowest BCUT2D eigenvalue weighted by atomic mass is 9.74. The van der Waals surface area contributed by atoms with E-state index in [1.165, 1.54) is 32.1 Å². The number of rotatable bonds is 10. The predicted octanol–water partition coefficient (Wildman–Crippen LogP) is 5.96. The molecule has 1 heterocycles. The molecule has 2 N–H and O–H groups in total. The Kier molecular flexibility index (Phi) is 10.1. The number of halogens is 3. The normalized spacial score (nSPS) is 22.6. The Balaban J connectivity index is 1.71. The lowest BCUT2D eigenvalue weighted by molar-refractivity contribution is -0.158. The van der Waals surface area contributed by atoms with Gasteiger partial charge >= 0.3 is 6.18 Å². The number of nitrogens with zero attached hydrogens (tertiary/aromatic N) is 1. The molecular weight excluding hydrogens is 453 g/mol. The summed E-state index contributed by atoms with van der Waals surface area (Å²) in [6.07, 6.45) is 3.33. The van der Waals surface area contributed by atoms with Crippen molar-refractivity contribution in [3.05, 3.63) is 35.4 Å². The van der Waals surface area contributed by atoms with Gasteiger partial charge in [-0.25, -0.2) is 0 Å². The number of piperidine rings is 1. The van der Waals surface area contributed by atoms with Crippen LogP contribution in [0.25, 0.3) is 0 Å². The van der Waals surface area contributed by atoms with Crippen LogP contribution in [0.3, 0.4) is 0 Å². The van der Waals surface area contributed by atoms with Gasteiger partial charge < -0.3 is 15.3 Å². The molecule has 0 bridgehead atoms. The van der Waals surface area contributed by atoms with Gasteiger partial charge in [0.25, 0.3) is 0 Å². The monoisotopic (exact) mass is 496 g/mol. The van der Waals surface area contributed by atoms with Gasteiger partial charge in [0.15, 0.2) is 0 Å². The second-order valence-electron chi connectivity index (χ2n) is 11.0. The van der Waals surface area contributed by atoms with Crippen molar-refractivity contribution in [2.75, 3.05) is 26.7 Å².